The summed E-state index contributed by atoms with van der Waals surface area (Å²) in [5.41, 5.74) is 2.12. The average Bonchev–Trinajstić information content (AvgIpc) is 2.86. The first kappa shape index (κ1) is 13.7. The number of nitrogens with one attached hydrogen (secondary N) is 1. The molecule has 1 heterocycles. The van der Waals surface area contributed by atoms with Gasteiger partial charge in [0.1, 0.15) is 6.10 Å². The Morgan fingerprint density at radius 3 is 3.00 bits per heavy atom. The Hall–Kier alpha value is -0.750. The second-order valence-corrected chi connectivity index (χ2v) is 5.54. The third-order valence-corrected chi connectivity index (χ3v) is 4.45. The Kier molecular flexibility index (Phi) is 4.88. The normalized spacial score (nSPS) is 23.0. The molecule has 0 radical (unpaired) electrons. The Bertz CT molecular complexity index is 430. The van der Waals surface area contributed by atoms with Crippen molar-refractivity contribution in [1.82, 2.24) is 5.43 Å². The number of thioether (sulfide) groups is 1. The molecule has 4 nitrogen and oxygen atoms in total. The maximum Gasteiger partial charge on any atom is 0.263 e. The van der Waals surface area contributed by atoms with Crippen LogP contribution in [0.2, 0.25) is 5.02 Å². The van der Waals surface area contributed by atoms with E-state index >= 15 is 0 Å². The largest absolute Gasteiger partial charge is 0.364 e. The molecule has 0 aromatic heterocycles. The zero-order valence-corrected chi connectivity index (χ0v) is 11.3. The van der Waals surface area contributed by atoms with Crippen LogP contribution in [0.25, 0.3) is 0 Å². The van der Waals surface area contributed by atoms with E-state index in [4.69, 9.17) is 22.2 Å². The lowest BCUT2D eigenvalue weighted by Gasteiger charge is -2.12. The van der Waals surface area contributed by atoms with Gasteiger partial charge in [0.2, 0.25) is 0 Å². The van der Waals surface area contributed by atoms with Crippen molar-refractivity contribution in [3.8, 4) is 0 Å². The number of ether oxygens (including phenoxy) is 1. The van der Waals surface area contributed by atoms with E-state index in [1.54, 1.807) is 11.8 Å². The van der Waals surface area contributed by atoms with Crippen LogP contribution in [-0.2, 0) is 9.53 Å². The fraction of sp³-hybridized carbons (Fsp3) is 0.417. The molecule has 2 rings (SSSR count). The van der Waals surface area contributed by atoms with Crippen molar-refractivity contribution in [3.63, 3.8) is 0 Å². The van der Waals surface area contributed by atoms with Crippen LogP contribution < -0.4 is 11.3 Å². The maximum absolute atomic E-state index is 11.3. The fourth-order valence-electron chi connectivity index (χ4n) is 1.86. The molecule has 2 atom stereocenters. The van der Waals surface area contributed by atoms with Gasteiger partial charge in [-0.3, -0.25) is 10.2 Å². The molecule has 1 aromatic carbocycles. The predicted molar refractivity (Wildman–Crippen MR) is 72.4 cm³/mol. The van der Waals surface area contributed by atoms with E-state index in [1.165, 1.54) is 0 Å². The molecule has 1 saturated heterocycles. The van der Waals surface area contributed by atoms with Gasteiger partial charge in [-0.25, -0.2) is 5.84 Å². The number of nitrogens with two attached hydrogens (primary N) is 1. The highest BCUT2D eigenvalue weighted by Gasteiger charge is 2.30. The van der Waals surface area contributed by atoms with Crippen molar-refractivity contribution in [1.29, 1.82) is 0 Å². The van der Waals surface area contributed by atoms with Gasteiger partial charge in [-0.2, -0.15) is 0 Å². The fourth-order valence-corrected chi connectivity index (χ4v) is 3.15. The Morgan fingerprint density at radius 2 is 2.28 bits per heavy atom. The molecule has 0 bridgehead atoms. The molecule has 6 heteroatoms. The van der Waals surface area contributed by atoms with Crippen LogP contribution in [0.1, 0.15) is 12.8 Å². The number of halogens is 1. The SMILES string of the molecule is NNC(=O)C1CCC(CSc2ccccc2Cl)O1. The van der Waals surface area contributed by atoms with Crippen LogP contribution in [0, 0.1) is 0 Å². The number of hydrogen-bond acceptors (Lipinski definition) is 4. The highest BCUT2D eigenvalue weighted by molar-refractivity contribution is 7.99. The van der Waals surface area contributed by atoms with E-state index in [9.17, 15) is 4.79 Å². The summed E-state index contributed by atoms with van der Waals surface area (Å²) in [7, 11) is 0. The molecule has 0 spiro atoms. The van der Waals surface area contributed by atoms with Crippen LogP contribution in [0.3, 0.4) is 0 Å². The Labute approximate surface area is 115 Å². The number of carbonyl (C=O) groups excluding carboxylic acids is 1. The molecule has 18 heavy (non-hydrogen) atoms. The minimum Gasteiger partial charge on any atom is -0.364 e. The number of benzene rings is 1. The van der Waals surface area contributed by atoms with E-state index in [0.717, 1.165) is 28.5 Å². The van der Waals surface area contributed by atoms with E-state index in [1.807, 2.05) is 24.3 Å². The number of hydrazine groups is 1. The lowest BCUT2D eigenvalue weighted by molar-refractivity contribution is -0.131. The number of carbonyl (C=O) groups is 1. The molecular weight excluding hydrogens is 272 g/mol. The van der Waals surface area contributed by atoms with Crippen molar-refractivity contribution >= 4 is 29.3 Å². The number of rotatable bonds is 4. The van der Waals surface area contributed by atoms with E-state index in [2.05, 4.69) is 5.43 Å². The average molecular weight is 287 g/mol. The Balaban J connectivity index is 1.82. The summed E-state index contributed by atoms with van der Waals surface area (Å²) < 4.78 is 5.62. The Morgan fingerprint density at radius 1 is 1.50 bits per heavy atom. The van der Waals surface area contributed by atoms with Crippen LogP contribution >= 0.6 is 23.4 Å². The summed E-state index contributed by atoms with van der Waals surface area (Å²) in [5.74, 6) is 5.62. The first-order valence-electron chi connectivity index (χ1n) is 5.74. The molecule has 0 aliphatic carbocycles. The molecule has 0 saturated carbocycles. The smallest absolute Gasteiger partial charge is 0.263 e. The predicted octanol–water partition coefficient (Wildman–Crippen LogP) is 1.97. The highest BCUT2D eigenvalue weighted by atomic mass is 35.5. The zero-order chi connectivity index (χ0) is 13.0. The van der Waals surface area contributed by atoms with Crippen molar-refractivity contribution in [2.45, 2.75) is 29.9 Å². The van der Waals surface area contributed by atoms with Crippen LogP contribution in [-0.4, -0.2) is 23.9 Å². The van der Waals surface area contributed by atoms with Gasteiger partial charge in [0.25, 0.3) is 5.91 Å². The van der Waals surface area contributed by atoms with Crippen molar-refractivity contribution in [2.24, 2.45) is 5.84 Å². The summed E-state index contributed by atoms with van der Waals surface area (Å²) in [6.07, 6.45) is 1.26. The molecule has 1 fully saturated rings. The number of amides is 1. The van der Waals surface area contributed by atoms with E-state index in [0.29, 0.717) is 0 Å². The summed E-state index contributed by atoms with van der Waals surface area (Å²) in [4.78, 5) is 12.3. The van der Waals surface area contributed by atoms with Gasteiger partial charge < -0.3 is 4.74 Å². The van der Waals surface area contributed by atoms with Gasteiger partial charge >= 0.3 is 0 Å². The summed E-state index contributed by atoms with van der Waals surface area (Å²) in [6.45, 7) is 0. The first-order chi connectivity index (χ1) is 8.70. The van der Waals surface area contributed by atoms with Gasteiger partial charge in [-0.05, 0) is 25.0 Å². The standard InChI is InChI=1S/C12H15ClN2O2S/c13-9-3-1-2-4-11(9)18-7-8-5-6-10(17-8)12(16)15-14/h1-4,8,10H,5-7,14H2,(H,15,16). The lowest BCUT2D eigenvalue weighted by atomic mass is 10.2. The van der Waals surface area contributed by atoms with E-state index < -0.39 is 6.10 Å². The van der Waals surface area contributed by atoms with Crippen molar-refractivity contribution in [2.75, 3.05) is 5.75 Å². The number of hydrogen-bond donors (Lipinski definition) is 2. The quantitative estimate of drug-likeness (QED) is 0.384. The molecule has 3 N–H and O–H groups in total. The molecule has 98 valence electrons. The summed E-state index contributed by atoms with van der Waals surface area (Å²) in [6, 6.07) is 7.70. The summed E-state index contributed by atoms with van der Waals surface area (Å²) in [5, 5.41) is 0.747. The molecule has 1 amide bonds. The second kappa shape index (κ2) is 6.43. The first-order valence-corrected chi connectivity index (χ1v) is 7.10. The third-order valence-electron chi connectivity index (χ3n) is 2.80. The molecule has 1 aliphatic heterocycles. The lowest BCUT2D eigenvalue weighted by Crippen LogP contribution is -2.39. The highest BCUT2D eigenvalue weighted by Crippen LogP contribution is 2.30. The monoisotopic (exact) mass is 286 g/mol. The third kappa shape index (κ3) is 3.38. The van der Waals surface area contributed by atoms with Gasteiger partial charge in [0.15, 0.2) is 0 Å². The maximum atomic E-state index is 11.3. The zero-order valence-electron chi connectivity index (χ0n) is 9.77. The van der Waals surface area contributed by atoms with Crippen LogP contribution in [0.4, 0.5) is 0 Å². The minimum absolute atomic E-state index is 0.0774. The topological polar surface area (TPSA) is 64.3 Å². The van der Waals surface area contributed by atoms with Gasteiger partial charge in [-0.15, -0.1) is 11.8 Å². The minimum atomic E-state index is -0.410. The molecule has 1 aromatic rings. The van der Waals surface area contributed by atoms with Crippen molar-refractivity contribution in [3.05, 3.63) is 29.3 Å². The molecular formula is C12H15ClN2O2S. The molecule has 2 unspecified atom stereocenters. The molecule has 1 aliphatic rings. The second-order valence-electron chi connectivity index (χ2n) is 4.07. The summed E-state index contributed by atoms with van der Waals surface area (Å²) >= 11 is 7.71. The van der Waals surface area contributed by atoms with Gasteiger partial charge in [0.05, 0.1) is 11.1 Å². The van der Waals surface area contributed by atoms with Crippen LogP contribution in [0.15, 0.2) is 29.2 Å². The van der Waals surface area contributed by atoms with Gasteiger partial charge in [0, 0.05) is 10.6 Å². The van der Waals surface area contributed by atoms with Gasteiger partial charge in [-0.1, -0.05) is 23.7 Å². The van der Waals surface area contributed by atoms with Crippen LogP contribution in [0.5, 0.6) is 0 Å². The van der Waals surface area contributed by atoms with Crippen molar-refractivity contribution < 1.29 is 9.53 Å². The van der Waals surface area contributed by atoms with E-state index in [-0.39, 0.29) is 12.0 Å².